The van der Waals surface area contributed by atoms with Crippen molar-refractivity contribution in [3.05, 3.63) is 30.2 Å². The van der Waals surface area contributed by atoms with E-state index in [1.54, 1.807) is 19.1 Å². The second-order valence-corrected chi connectivity index (χ2v) is 7.40. The van der Waals surface area contributed by atoms with Crippen LogP contribution >= 0.6 is 0 Å². The molecule has 0 bridgehead atoms. The number of nitrogens with one attached hydrogen (secondary N) is 1. The van der Waals surface area contributed by atoms with Gasteiger partial charge in [-0.2, -0.15) is 4.98 Å². The minimum Gasteiger partial charge on any atom is -0.484 e. The highest BCUT2D eigenvalue weighted by atomic mass is 16.5. The average molecular weight is 388 g/mol. The lowest BCUT2D eigenvalue weighted by Crippen LogP contribution is -2.48. The van der Waals surface area contributed by atoms with Gasteiger partial charge in [0.25, 0.3) is 5.91 Å². The smallest absolute Gasteiger partial charge is 0.258 e. The number of aryl methyl sites for hydroxylation is 1. The number of benzene rings is 1. The molecule has 1 fully saturated rings. The maximum Gasteiger partial charge on any atom is 0.258 e. The molecule has 8 heteroatoms. The summed E-state index contributed by atoms with van der Waals surface area (Å²) in [5, 5.41) is 6.76. The van der Waals surface area contributed by atoms with Crippen molar-refractivity contribution in [1.29, 1.82) is 0 Å². The van der Waals surface area contributed by atoms with Gasteiger partial charge in [-0.25, -0.2) is 0 Å². The molecule has 1 N–H and O–H groups in total. The Hall–Kier alpha value is -2.45. The number of morpholine rings is 1. The Labute approximate surface area is 165 Å². The number of carbonyl (C=O) groups excluding carboxylic acids is 1. The number of carbonyl (C=O) groups is 1. The first-order valence-electron chi connectivity index (χ1n) is 9.64. The van der Waals surface area contributed by atoms with Crippen LogP contribution in [0.5, 0.6) is 5.75 Å². The van der Waals surface area contributed by atoms with Crippen LogP contribution in [0, 0.1) is 12.8 Å². The maximum absolute atomic E-state index is 12.1. The first kappa shape index (κ1) is 20.3. The summed E-state index contributed by atoms with van der Waals surface area (Å²) >= 11 is 0. The van der Waals surface area contributed by atoms with Crippen LogP contribution < -0.4 is 10.1 Å². The highest BCUT2D eigenvalue weighted by Crippen LogP contribution is 2.19. The van der Waals surface area contributed by atoms with E-state index < -0.39 is 0 Å². The highest BCUT2D eigenvalue weighted by molar-refractivity contribution is 5.77. The molecule has 1 unspecified atom stereocenters. The summed E-state index contributed by atoms with van der Waals surface area (Å²) in [6, 6.07) is 7.22. The van der Waals surface area contributed by atoms with Crippen molar-refractivity contribution in [3.63, 3.8) is 0 Å². The lowest BCUT2D eigenvalue weighted by atomic mass is 10.2. The number of amides is 1. The molecule has 28 heavy (non-hydrogen) atoms. The zero-order valence-electron chi connectivity index (χ0n) is 16.7. The molecule has 1 aromatic carbocycles. The van der Waals surface area contributed by atoms with Gasteiger partial charge in [-0.1, -0.05) is 19.0 Å². The summed E-state index contributed by atoms with van der Waals surface area (Å²) in [6.45, 7) is 10.2. The van der Waals surface area contributed by atoms with E-state index in [2.05, 4.69) is 34.2 Å². The Morgan fingerprint density at radius 2 is 2.14 bits per heavy atom. The van der Waals surface area contributed by atoms with E-state index >= 15 is 0 Å². The van der Waals surface area contributed by atoms with Crippen molar-refractivity contribution in [3.8, 4) is 17.1 Å². The monoisotopic (exact) mass is 388 g/mol. The van der Waals surface area contributed by atoms with E-state index in [0.29, 0.717) is 36.5 Å². The fourth-order valence-corrected chi connectivity index (χ4v) is 3.13. The van der Waals surface area contributed by atoms with E-state index in [1.807, 2.05) is 12.1 Å². The first-order chi connectivity index (χ1) is 13.5. The van der Waals surface area contributed by atoms with Crippen LogP contribution in [0.1, 0.15) is 19.7 Å². The molecule has 1 amide bonds. The molecule has 0 saturated carbocycles. The summed E-state index contributed by atoms with van der Waals surface area (Å²) in [5.74, 6) is 2.11. The zero-order valence-corrected chi connectivity index (χ0v) is 16.7. The van der Waals surface area contributed by atoms with Gasteiger partial charge in [0.1, 0.15) is 5.75 Å². The zero-order chi connectivity index (χ0) is 19.9. The maximum atomic E-state index is 12.1. The normalized spacial score (nSPS) is 17.6. The largest absolute Gasteiger partial charge is 0.484 e. The molecule has 1 aromatic heterocycles. The third kappa shape index (κ3) is 6.03. The Bertz CT molecular complexity index is 760. The van der Waals surface area contributed by atoms with Crippen molar-refractivity contribution in [2.24, 2.45) is 5.92 Å². The summed E-state index contributed by atoms with van der Waals surface area (Å²) < 4.78 is 16.3. The standard InChI is InChI=1S/C20H28N4O4/c1-14(2)11-24-8-9-26-18(12-24)10-21-19(25)13-27-17-6-4-16(5-7-17)20-22-15(3)28-23-20/h4-7,14,18H,8-13H2,1-3H3,(H,21,25). The summed E-state index contributed by atoms with van der Waals surface area (Å²) in [6.07, 6.45) is 0.0224. The molecule has 2 heterocycles. The van der Waals surface area contributed by atoms with Crippen molar-refractivity contribution in [2.75, 3.05) is 39.4 Å². The van der Waals surface area contributed by atoms with Crippen LogP contribution in [-0.4, -0.2) is 66.4 Å². The Morgan fingerprint density at radius 1 is 1.36 bits per heavy atom. The fraction of sp³-hybridized carbons (Fsp3) is 0.550. The van der Waals surface area contributed by atoms with Gasteiger partial charge in [-0.05, 0) is 30.2 Å². The number of hydrogen-bond donors (Lipinski definition) is 1. The summed E-state index contributed by atoms with van der Waals surface area (Å²) in [5.41, 5.74) is 0.828. The second-order valence-electron chi connectivity index (χ2n) is 7.40. The number of ether oxygens (including phenoxy) is 2. The minimum absolute atomic E-state index is 0.0224. The van der Waals surface area contributed by atoms with E-state index in [9.17, 15) is 4.79 Å². The quantitative estimate of drug-likeness (QED) is 0.739. The molecule has 0 spiro atoms. The van der Waals surface area contributed by atoms with Crippen LogP contribution in [0.4, 0.5) is 0 Å². The third-order valence-electron chi connectivity index (χ3n) is 4.38. The summed E-state index contributed by atoms with van der Waals surface area (Å²) in [4.78, 5) is 18.6. The van der Waals surface area contributed by atoms with E-state index in [1.165, 1.54) is 0 Å². The van der Waals surface area contributed by atoms with Crippen LogP contribution in [0.2, 0.25) is 0 Å². The van der Waals surface area contributed by atoms with Crippen molar-refractivity contribution in [2.45, 2.75) is 26.9 Å². The Morgan fingerprint density at radius 3 is 2.82 bits per heavy atom. The third-order valence-corrected chi connectivity index (χ3v) is 4.38. The molecule has 1 aliphatic rings. The molecule has 1 aliphatic heterocycles. The molecule has 0 aliphatic carbocycles. The van der Waals surface area contributed by atoms with Crippen LogP contribution in [0.15, 0.2) is 28.8 Å². The van der Waals surface area contributed by atoms with Gasteiger partial charge in [0, 0.05) is 38.7 Å². The van der Waals surface area contributed by atoms with Crippen molar-refractivity contribution >= 4 is 5.91 Å². The van der Waals surface area contributed by atoms with E-state index in [-0.39, 0.29) is 18.6 Å². The van der Waals surface area contributed by atoms with Gasteiger partial charge in [0.15, 0.2) is 6.61 Å². The highest BCUT2D eigenvalue weighted by Gasteiger charge is 2.21. The van der Waals surface area contributed by atoms with Crippen LogP contribution in [-0.2, 0) is 9.53 Å². The van der Waals surface area contributed by atoms with Gasteiger partial charge in [-0.3, -0.25) is 9.69 Å². The Kier molecular flexibility index (Phi) is 7.00. The summed E-state index contributed by atoms with van der Waals surface area (Å²) in [7, 11) is 0. The van der Waals surface area contributed by atoms with Gasteiger partial charge >= 0.3 is 0 Å². The molecule has 8 nitrogen and oxygen atoms in total. The second kappa shape index (κ2) is 9.66. The molecule has 152 valence electrons. The number of aromatic nitrogens is 2. The van der Waals surface area contributed by atoms with Crippen molar-refractivity contribution in [1.82, 2.24) is 20.4 Å². The molecule has 3 rings (SSSR count). The SMILES string of the molecule is Cc1nc(-c2ccc(OCC(=O)NCC3CN(CC(C)C)CCO3)cc2)no1. The topological polar surface area (TPSA) is 89.7 Å². The van der Waals surface area contributed by atoms with Crippen LogP contribution in [0.25, 0.3) is 11.4 Å². The van der Waals surface area contributed by atoms with E-state index in [4.69, 9.17) is 14.0 Å². The number of hydrogen-bond acceptors (Lipinski definition) is 7. The average Bonchev–Trinajstić information content (AvgIpc) is 3.11. The minimum atomic E-state index is -0.164. The molecule has 2 aromatic rings. The first-order valence-corrected chi connectivity index (χ1v) is 9.64. The number of nitrogens with zero attached hydrogens (tertiary/aromatic N) is 3. The van der Waals surface area contributed by atoms with Crippen LogP contribution in [0.3, 0.4) is 0 Å². The molecule has 1 atom stereocenters. The predicted molar refractivity (Wildman–Crippen MR) is 104 cm³/mol. The van der Waals surface area contributed by atoms with Gasteiger partial charge in [0.05, 0.1) is 12.7 Å². The lowest BCUT2D eigenvalue weighted by Gasteiger charge is -2.33. The lowest BCUT2D eigenvalue weighted by molar-refractivity contribution is -0.124. The Balaban J connectivity index is 1.39. The van der Waals surface area contributed by atoms with Gasteiger partial charge in [0.2, 0.25) is 11.7 Å². The van der Waals surface area contributed by atoms with Gasteiger partial charge in [-0.15, -0.1) is 0 Å². The molecule has 1 saturated heterocycles. The molecule has 0 radical (unpaired) electrons. The predicted octanol–water partition coefficient (Wildman–Crippen LogP) is 1.90. The van der Waals surface area contributed by atoms with Gasteiger partial charge < -0.3 is 19.3 Å². The van der Waals surface area contributed by atoms with Crippen molar-refractivity contribution < 1.29 is 18.8 Å². The molecular weight excluding hydrogens is 360 g/mol. The van der Waals surface area contributed by atoms with E-state index in [0.717, 1.165) is 25.2 Å². The molecular formula is C20H28N4O4. The fourth-order valence-electron chi connectivity index (χ4n) is 3.13. The number of rotatable bonds is 8.